The Hall–Kier alpha value is -0.0200. The Balaban J connectivity index is 0. The quantitative estimate of drug-likeness (QED) is 0.443. The maximum Gasteiger partial charge on any atom is 0.697 e. The van der Waals surface area contributed by atoms with Gasteiger partial charge < -0.3 is 4.90 Å². The van der Waals surface area contributed by atoms with Gasteiger partial charge in [0.1, 0.15) is 13.2 Å². The van der Waals surface area contributed by atoms with Gasteiger partial charge in [-0.05, 0) is 33.0 Å². The average molecular weight is 280 g/mol. The minimum absolute atomic E-state index is 0.540. The number of hydrogen-bond acceptors (Lipinski definition) is 4. The summed E-state index contributed by atoms with van der Waals surface area (Å²) in [5.41, 5.74) is 0. The Morgan fingerprint density at radius 2 is 1.28 bits per heavy atom. The van der Waals surface area contributed by atoms with E-state index in [1.54, 1.807) is 0 Å². The van der Waals surface area contributed by atoms with E-state index >= 15 is 0 Å². The lowest BCUT2D eigenvalue weighted by Crippen LogP contribution is -2.15. The Kier molecular flexibility index (Phi) is 19.2. The lowest BCUT2D eigenvalue weighted by atomic mass is 10.4. The minimum atomic E-state index is -1.85. The molecule has 0 saturated carbocycles. The maximum atomic E-state index is 10.9. The summed E-state index contributed by atoms with van der Waals surface area (Å²) in [5.74, 6) is 0. The van der Waals surface area contributed by atoms with Crippen LogP contribution in [0.25, 0.3) is 0 Å². The second kappa shape index (κ2) is 17.0. The second-order valence-corrected chi connectivity index (χ2v) is 5.05. The Labute approximate surface area is 114 Å². The molecule has 18 heavy (non-hydrogen) atoms. The Morgan fingerprint density at radius 1 is 0.889 bits per heavy atom. The molecule has 0 aliphatic carbocycles. The number of rotatable bonds is 10. The maximum absolute atomic E-state index is 10.9. The Morgan fingerprint density at radius 3 is 1.50 bits per heavy atom. The molecule has 0 aromatic carbocycles. The molecule has 4 nitrogen and oxygen atoms in total. The normalized spacial score (nSPS) is 10.1. The van der Waals surface area contributed by atoms with Crippen molar-refractivity contribution in [3.63, 3.8) is 0 Å². The van der Waals surface area contributed by atoms with E-state index in [1.165, 1.54) is 0 Å². The van der Waals surface area contributed by atoms with E-state index in [4.69, 9.17) is 9.05 Å². The summed E-state index contributed by atoms with van der Waals surface area (Å²) in [7, 11) is 0.257. The van der Waals surface area contributed by atoms with Crippen molar-refractivity contribution in [1.29, 1.82) is 0 Å². The molecule has 0 aliphatic heterocycles. The van der Waals surface area contributed by atoms with Gasteiger partial charge in [-0.25, -0.2) is 0 Å². The zero-order valence-corrected chi connectivity index (χ0v) is 13.7. The van der Waals surface area contributed by atoms with E-state index in [0.29, 0.717) is 13.2 Å². The van der Waals surface area contributed by atoms with Gasteiger partial charge in [-0.1, -0.05) is 40.5 Å². The van der Waals surface area contributed by atoms with E-state index in [9.17, 15) is 4.57 Å². The highest BCUT2D eigenvalue weighted by Crippen LogP contribution is 2.24. The molecule has 0 radical (unpaired) electrons. The Bertz CT molecular complexity index is 164. The minimum Gasteiger partial charge on any atom is -0.307 e. The van der Waals surface area contributed by atoms with Crippen LogP contribution < -0.4 is 0 Å². The molecule has 110 valence electrons. The van der Waals surface area contributed by atoms with E-state index in [1.807, 2.05) is 0 Å². The van der Waals surface area contributed by atoms with Gasteiger partial charge in [-0.15, -0.1) is 9.05 Å². The average Bonchev–Trinajstić information content (AvgIpc) is 2.39. The largest absolute Gasteiger partial charge is 0.697 e. The summed E-state index contributed by atoms with van der Waals surface area (Å²) in [4.78, 5) is 2.25. The number of unbranched alkanes of at least 4 members (excludes halogenated alkanes) is 2. The van der Waals surface area contributed by atoms with Crippen LogP contribution in [0, 0.1) is 0 Å². The highest BCUT2D eigenvalue weighted by molar-refractivity contribution is 7.33. The third kappa shape index (κ3) is 18.3. The van der Waals surface area contributed by atoms with Gasteiger partial charge in [0.15, 0.2) is 0 Å². The smallest absolute Gasteiger partial charge is 0.307 e. The molecule has 0 saturated heterocycles. The van der Waals surface area contributed by atoms with Crippen molar-refractivity contribution < 1.29 is 13.6 Å². The molecule has 0 aliphatic rings. The molecule has 0 bridgehead atoms. The summed E-state index contributed by atoms with van der Waals surface area (Å²) < 4.78 is 20.7. The topological polar surface area (TPSA) is 38.8 Å². The predicted octanol–water partition coefficient (Wildman–Crippen LogP) is 4.24. The first-order valence-corrected chi connectivity index (χ1v) is 8.13. The molecule has 0 atom stereocenters. The van der Waals surface area contributed by atoms with Crippen molar-refractivity contribution >= 4 is 8.25 Å². The van der Waals surface area contributed by atoms with Crippen LogP contribution in [-0.2, 0) is 13.6 Å². The fourth-order valence-electron chi connectivity index (χ4n) is 0.828. The highest BCUT2D eigenvalue weighted by atomic mass is 31.1. The highest BCUT2D eigenvalue weighted by Gasteiger charge is 2.18. The van der Waals surface area contributed by atoms with E-state index in [-0.39, 0.29) is 0 Å². The van der Waals surface area contributed by atoms with Gasteiger partial charge in [0.05, 0.1) is 0 Å². The van der Waals surface area contributed by atoms with Crippen molar-refractivity contribution in [2.45, 2.75) is 53.4 Å². The first-order chi connectivity index (χ1) is 8.62. The molecule has 5 heteroatoms. The van der Waals surface area contributed by atoms with Crippen LogP contribution in [0.4, 0.5) is 0 Å². The van der Waals surface area contributed by atoms with Gasteiger partial charge in [0.2, 0.25) is 0 Å². The molecule has 0 unspecified atom stereocenters. The fraction of sp³-hybridized carbons (Fsp3) is 1.00. The van der Waals surface area contributed by atoms with Gasteiger partial charge in [0, 0.05) is 4.57 Å². The van der Waals surface area contributed by atoms with Gasteiger partial charge in [-0.3, -0.25) is 0 Å². The number of nitrogens with zero attached hydrogens (tertiary/aromatic N) is 1. The molecule has 0 heterocycles. The van der Waals surface area contributed by atoms with Gasteiger partial charge in [-0.2, -0.15) is 0 Å². The van der Waals surface area contributed by atoms with Gasteiger partial charge >= 0.3 is 8.25 Å². The van der Waals surface area contributed by atoms with Crippen LogP contribution in [0.2, 0.25) is 0 Å². The number of hydrogen-bond donors (Lipinski definition) is 0. The van der Waals surface area contributed by atoms with E-state index in [2.05, 4.69) is 39.6 Å². The zero-order valence-electron chi connectivity index (χ0n) is 12.8. The second-order valence-electron chi connectivity index (χ2n) is 4.09. The molecule has 0 rings (SSSR count). The molecule has 0 aromatic heterocycles. The first kappa shape index (κ1) is 20.3. The van der Waals surface area contributed by atoms with Crippen LogP contribution in [0.1, 0.15) is 53.4 Å². The molecule has 0 spiro atoms. The third-order valence-corrected chi connectivity index (χ3v) is 3.26. The van der Waals surface area contributed by atoms with Crippen LogP contribution in [0.3, 0.4) is 0 Å². The lowest BCUT2D eigenvalue weighted by Gasteiger charge is -2.07. The summed E-state index contributed by atoms with van der Waals surface area (Å²) >= 11 is 0. The van der Waals surface area contributed by atoms with Gasteiger partial charge in [0.25, 0.3) is 0 Å². The summed E-state index contributed by atoms with van der Waals surface area (Å²) in [5, 5.41) is 0. The van der Waals surface area contributed by atoms with Crippen molar-refractivity contribution in [2.24, 2.45) is 0 Å². The van der Waals surface area contributed by atoms with Crippen molar-refractivity contribution in [3.05, 3.63) is 0 Å². The molecular formula is C13H31NO3P+. The van der Waals surface area contributed by atoms with Crippen LogP contribution in [-0.4, -0.2) is 38.3 Å². The van der Waals surface area contributed by atoms with Crippen LogP contribution >= 0.6 is 8.25 Å². The predicted molar refractivity (Wildman–Crippen MR) is 78.2 cm³/mol. The summed E-state index contributed by atoms with van der Waals surface area (Å²) in [6.07, 6.45) is 3.99. The van der Waals surface area contributed by atoms with E-state index < -0.39 is 8.25 Å². The third-order valence-electron chi connectivity index (χ3n) is 2.47. The van der Waals surface area contributed by atoms with Crippen LogP contribution in [0.15, 0.2) is 0 Å². The molecule has 0 aromatic rings. The van der Waals surface area contributed by atoms with E-state index in [0.717, 1.165) is 38.8 Å². The molecule has 0 fully saturated rings. The van der Waals surface area contributed by atoms with Crippen molar-refractivity contribution in [1.82, 2.24) is 4.90 Å². The molecular weight excluding hydrogens is 249 g/mol. The zero-order chi connectivity index (χ0) is 14.2. The molecule has 0 amide bonds. The SMILES string of the molecule is CCCCO[P+](=O)OCCCC.CCN(C)CC. The van der Waals surface area contributed by atoms with Crippen molar-refractivity contribution in [3.8, 4) is 0 Å². The summed E-state index contributed by atoms with van der Waals surface area (Å²) in [6, 6.07) is 0. The van der Waals surface area contributed by atoms with Crippen LogP contribution in [0.5, 0.6) is 0 Å². The summed E-state index contributed by atoms with van der Waals surface area (Å²) in [6.45, 7) is 11.8. The lowest BCUT2D eigenvalue weighted by molar-refractivity contribution is 0.221. The monoisotopic (exact) mass is 280 g/mol. The molecule has 0 N–H and O–H groups in total. The first-order valence-electron chi connectivity index (χ1n) is 7.03. The standard InChI is InChI=1S/C8H18O3P.C5H13N/c1-3-5-7-10-12(9)11-8-6-4-2;1-4-6(3)5-2/h3-8H2,1-2H3;4-5H2,1-3H3/q+1;. The fourth-order valence-corrected chi connectivity index (χ4v) is 1.46. The van der Waals surface area contributed by atoms with Crippen molar-refractivity contribution in [2.75, 3.05) is 33.4 Å².